The van der Waals surface area contributed by atoms with Gasteiger partial charge in [-0.15, -0.1) is 13.2 Å². The van der Waals surface area contributed by atoms with Gasteiger partial charge in [0.25, 0.3) is 0 Å². The number of unbranched alkanes of at least 4 members (excludes halogenated alkanes) is 2. The molecule has 2 unspecified atom stereocenters. The van der Waals surface area contributed by atoms with Gasteiger partial charge < -0.3 is 0 Å². The maximum Gasteiger partial charge on any atom is -0.0322 e. The summed E-state index contributed by atoms with van der Waals surface area (Å²) in [7, 11) is 0. The van der Waals surface area contributed by atoms with Crippen LogP contribution < -0.4 is 0 Å². The van der Waals surface area contributed by atoms with E-state index in [1.54, 1.807) is 0 Å². The highest BCUT2D eigenvalue weighted by molar-refractivity contribution is 4.83. The van der Waals surface area contributed by atoms with Crippen LogP contribution in [-0.2, 0) is 0 Å². The first-order chi connectivity index (χ1) is 7.79. The smallest absolute Gasteiger partial charge is 0.0322 e. The second kappa shape index (κ2) is 11.0. The molecule has 0 aliphatic rings. The molecule has 0 nitrogen and oxygen atoms in total. The predicted octanol–water partition coefficient (Wildman–Crippen LogP) is 5.75. The average molecular weight is 222 g/mol. The van der Waals surface area contributed by atoms with E-state index in [2.05, 4.69) is 39.2 Å². The minimum absolute atomic E-state index is 0.831. The van der Waals surface area contributed by atoms with E-state index in [4.69, 9.17) is 0 Å². The van der Waals surface area contributed by atoms with Crippen LogP contribution in [0, 0.1) is 11.8 Å². The monoisotopic (exact) mass is 222 g/mol. The fourth-order valence-electron chi connectivity index (χ4n) is 2.55. The van der Waals surface area contributed by atoms with E-state index in [1.807, 2.05) is 0 Å². The fraction of sp³-hybridized carbons (Fsp3) is 0.750. The van der Waals surface area contributed by atoms with Crippen LogP contribution in [0.2, 0.25) is 0 Å². The summed E-state index contributed by atoms with van der Waals surface area (Å²) in [6.45, 7) is 12.4. The lowest BCUT2D eigenvalue weighted by Gasteiger charge is -2.25. The normalized spacial score (nSPS) is 14.4. The standard InChI is InChI=1S/C16H30/c1-5-9-10-14-16(13-8-4)15(11-6-2)12-7-3/h6,8,15-16H,2,4-5,7,9-14H2,1,3H3. The van der Waals surface area contributed by atoms with E-state index in [0.29, 0.717) is 0 Å². The van der Waals surface area contributed by atoms with Gasteiger partial charge in [0, 0.05) is 0 Å². The second-order valence-electron chi connectivity index (χ2n) is 4.85. The van der Waals surface area contributed by atoms with Crippen molar-refractivity contribution >= 4 is 0 Å². The third kappa shape index (κ3) is 6.87. The van der Waals surface area contributed by atoms with Crippen LogP contribution in [0.4, 0.5) is 0 Å². The third-order valence-corrected chi connectivity index (χ3v) is 3.44. The van der Waals surface area contributed by atoms with Gasteiger partial charge in [-0.05, 0) is 31.1 Å². The molecule has 2 atom stereocenters. The van der Waals surface area contributed by atoms with Gasteiger partial charge in [-0.1, -0.05) is 58.1 Å². The summed E-state index contributed by atoms with van der Waals surface area (Å²) in [5, 5.41) is 0. The highest BCUT2D eigenvalue weighted by atomic mass is 14.2. The Kier molecular flexibility index (Phi) is 10.6. The molecule has 0 radical (unpaired) electrons. The molecule has 0 amide bonds. The zero-order valence-electron chi connectivity index (χ0n) is 11.4. The van der Waals surface area contributed by atoms with E-state index >= 15 is 0 Å². The zero-order chi connectivity index (χ0) is 12.2. The summed E-state index contributed by atoms with van der Waals surface area (Å²) in [6.07, 6.45) is 14.6. The Balaban J connectivity index is 4.18. The van der Waals surface area contributed by atoms with Gasteiger partial charge >= 0.3 is 0 Å². The molecule has 0 aromatic rings. The number of rotatable bonds is 11. The van der Waals surface area contributed by atoms with Crippen LogP contribution in [0.1, 0.15) is 65.2 Å². The summed E-state index contributed by atoms with van der Waals surface area (Å²) in [4.78, 5) is 0. The van der Waals surface area contributed by atoms with Gasteiger partial charge in [0.15, 0.2) is 0 Å². The first-order valence-electron chi connectivity index (χ1n) is 7.01. The van der Waals surface area contributed by atoms with Crippen molar-refractivity contribution in [3.8, 4) is 0 Å². The summed E-state index contributed by atoms with van der Waals surface area (Å²) >= 11 is 0. The lowest BCUT2D eigenvalue weighted by molar-refractivity contribution is 0.288. The second-order valence-corrected chi connectivity index (χ2v) is 4.85. The van der Waals surface area contributed by atoms with Crippen molar-refractivity contribution in [1.29, 1.82) is 0 Å². The average Bonchev–Trinajstić information content (AvgIpc) is 2.28. The topological polar surface area (TPSA) is 0 Å². The van der Waals surface area contributed by atoms with Gasteiger partial charge in [0.1, 0.15) is 0 Å². The molecule has 0 rings (SSSR count). The fourth-order valence-corrected chi connectivity index (χ4v) is 2.55. The highest BCUT2D eigenvalue weighted by Gasteiger charge is 2.17. The Bertz CT molecular complexity index is 169. The molecule has 94 valence electrons. The van der Waals surface area contributed by atoms with Crippen LogP contribution in [0.3, 0.4) is 0 Å². The van der Waals surface area contributed by atoms with Crippen molar-refractivity contribution in [3.05, 3.63) is 25.3 Å². The number of allylic oxidation sites excluding steroid dienone is 2. The van der Waals surface area contributed by atoms with Crippen molar-refractivity contribution < 1.29 is 0 Å². The summed E-state index contributed by atoms with van der Waals surface area (Å²) in [6, 6.07) is 0. The van der Waals surface area contributed by atoms with E-state index in [0.717, 1.165) is 11.8 Å². The van der Waals surface area contributed by atoms with Crippen molar-refractivity contribution in [2.75, 3.05) is 0 Å². The van der Waals surface area contributed by atoms with Crippen molar-refractivity contribution in [2.24, 2.45) is 11.8 Å². The highest BCUT2D eigenvalue weighted by Crippen LogP contribution is 2.29. The van der Waals surface area contributed by atoms with E-state index in [1.165, 1.54) is 51.4 Å². The molecule has 0 aromatic carbocycles. The number of hydrogen-bond donors (Lipinski definition) is 0. The Morgan fingerprint density at radius 1 is 0.812 bits per heavy atom. The Hall–Kier alpha value is -0.520. The van der Waals surface area contributed by atoms with Crippen LogP contribution in [0.15, 0.2) is 25.3 Å². The Morgan fingerprint density at radius 3 is 1.81 bits per heavy atom. The largest absolute Gasteiger partial charge is 0.103 e. The molecule has 0 fully saturated rings. The third-order valence-electron chi connectivity index (χ3n) is 3.44. The zero-order valence-corrected chi connectivity index (χ0v) is 11.4. The summed E-state index contributed by atoms with van der Waals surface area (Å²) in [5.41, 5.74) is 0. The summed E-state index contributed by atoms with van der Waals surface area (Å²) < 4.78 is 0. The molecule has 16 heavy (non-hydrogen) atoms. The molecule has 0 saturated heterocycles. The van der Waals surface area contributed by atoms with Gasteiger partial charge in [0.05, 0.1) is 0 Å². The van der Waals surface area contributed by atoms with Crippen LogP contribution in [0.25, 0.3) is 0 Å². The quantitative estimate of drug-likeness (QED) is 0.308. The minimum Gasteiger partial charge on any atom is -0.103 e. The maximum absolute atomic E-state index is 3.91. The maximum atomic E-state index is 3.91. The first kappa shape index (κ1) is 15.5. The molecule has 0 heterocycles. The Morgan fingerprint density at radius 2 is 1.38 bits per heavy atom. The molecule has 0 heteroatoms. The van der Waals surface area contributed by atoms with E-state index in [9.17, 15) is 0 Å². The summed E-state index contributed by atoms with van der Waals surface area (Å²) in [5.74, 6) is 1.67. The van der Waals surface area contributed by atoms with E-state index in [-0.39, 0.29) is 0 Å². The molecule has 0 bridgehead atoms. The van der Waals surface area contributed by atoms with Crippen LogP contribution in [-0.4, -0.2) is 0 Å². The minimum atomic E-state index is 0.831. The predicted molar refractivity (Wildman–Crippen MR) is 75.7 cm³/mol. The lowest BCUT2D eigenvalue weighted by Crippen LogP contribution is -2.14. The molecule has 0 aromatic heterocycles. The molecule has 0 aliphatic heterocycles. The Labute approximate surface area is 103 Å². The molecular weight excluding hydrogens is 192 g/mol. The van der Waals surface area contributed by atoms with Gasteiger partial charge in [0.2, 0.25) is 0 Å². The molecule has 0 N–H and O–H groups in total. The molecule has 0 spiro atoms. The molecule has 0 saturated carbocycles. The van der Waals surface area contributed by atoms with Gasteiger partial charge in [-0.3, -0.25) is 0 Å². The molecular formula is C16H30. The van der Waals surface area contributed by atoms with Crippen LogP contribution in [0.5, 0.6) is 0 Å². The van der Waals surface area contributed by atoms with Crippen molar-refractivity contribution in [2.45, 2.75) is 65.2 Å². The van der Waals surface area contributed by atoms with Crippen molar-refractivity contribution in [1.82, 2.24) is 0 Å². The first-order valence-corrected chi connectivity index (χ1v) is 7.01. The van der Waals surface area contributed by atoms with Crippen molar-refractivity contribution in [3.63, 3.8) is 0 Å². The number of hydrogen-bond acceptors (Lipinski definition) is 0. The van der Waals surface area contributed by atoms with Gasteiger partial charge in [-0.2, -0.15) is 0 Å². The molecule has 0 aliphatic carbocycles. The SMILES string of the molecule is C=CCC(CCC)C(CC=C)CCCCC. The van der Waals surface area contributed by atoms with E-state index < -0.39 is 0 Å². The lowest BCUT2D eigenvalue weighted by atomic mass is 9.80. The van der Waals surface area contributed by atoms with Gasteiger partial charge in [-0.25, -0.2) is 0 Å². The van der Waals surface area contributed by atoms with Crippen LogP contribution >= 0.6 is 0 Å².